The summed E-state index contributed by atoms with van der Waals surface area (Å²) in [5.74, 6) is 1.32. The number of rotatable bonds is 6. The van der Waals surface area contributed by atoms with Crippen LogP contribution in [0.4, 0.5) is 5.69 Å². The van der Waals surface area contributed by atoms with Gasteiger partial charge in [-0.1, -0.05) is 24.3 Å². The van der Waals surface area contributed by atoms with Crippen LogP contribution >= 0.6 is 0 Å². The van der Waals surface area contributed by atoms with E-state index in [0.29, 0.717) is 18.8 Å². The zero-order valence-electron chi connectivity index (χ0n) is 17.3. The molecule has 0 saturated carbocycles. The van der Waals surface area contributed by atoms with Gasteiger partial charge in [0.15, 0.2) is 11.5 Å². The molecule has 1 aliphatic heterocycles. The number of para-hydroxylation sites is 1. The maximum Gasteiger partial charge on any atom is 0.244 e. The van der Waals surface area contributed by atoms with E-state index in [2.05, 4.69) is 22.8 Å². The minimum atomic E-state index is -0.124. The highest BCUT2D eigenvalue weighted by molar-refractivity contribution is 5.94. The average molecular weight is 415 g/mol. The van der Waals surface area contributed by atoms with Gasteiger partial charge in [-0.15, -0.1) is 0 Å². The van der Waals surface area contributed by atoms with Gasteiger partial charge in [-0.2, -0.15) is 0 Å². The molecule has 0 bridgehead atoms. The van der Waals surface area contributed by atoms with E-state index < -0.39 is 0 Å². The fourth-order valence-electron chi connectivity index (χ4n) is 4.20. The molecule has 0 unspecified atom stereocenters. The van der Waals surface area contributed by atoms with Crippen LogP contribution in [0.25, 0.3) is 17.0 Å². The lowest BCUT2D eigenvalue weighted by Gasteiger charge is -2.21. The summed E-state index contributed by atoms with van der Waals surface area (Å²) in [4.78, 5) is 17.1. The second kappa shape index (κ2) is 8.68. The summed E-state index contributed by atoms with van der Waals surface area (Å²) in [5, 5.41) is 7.66. The van der Waals surface area contributed by atoms with Crippen molar-refractivity contribution in [2.75, 3.05) is 25.2 Å². The van der Waals surface area contributed by atoms with Crippen molar-refractivity contribution in [1.82, 2.24) is 10.3 Å². The molecular weight excluding hydrogens is 390 g/mol. The average Bonchev–Trinajstić information content (AvgIpc) is 3.27. The van der Waals surface area contributed by atoms with Gasteiger partial charge in [-0.25, -0.2) is 0 Å². The normalized spacial score (nSPS) is 14.6. The maximum absolute atomic E-state index is 12.2. The molecule has 0 radical (unpaired) electrons. The van der Waals surface area contributed by atoms with Crippen LogP contribution in [0.2, 0.25) is 0 Å². The first kappa shape index (κ1) is 19.4. The molecule has 6 nitrogen and oxygen atoms in total. The number of benzene rings is 2. The number of ether oxygens (including phenoxy) is 2. The third-order valence-corrected chi connectivity index (χ3v) is 5.72. The summed E-state index contributed by atoms with van der Waals surface area (Å²) in [7, 11) is 0. The highest BCUT2D eigenvalue weighted by atomic mass is 16.7. The van der Waals surface area contributed by atoms with Crippen LogP contribution in [0.5, 0.6) is 11.5 Å². The molecule has 0 atom stereocenters. The molecule has 0 spiro atoms. The summed E-state index contributed by atoms with van der Waals surface area (Å²) in [6.45, 7) is 1.44. The first-order valence-electron chi connectivity index (χ1n) is 10.8. The lowest BCUT2D eigenvalue weighted by Crippen LogP contribution is -2.27. The second-order valence-corrected chi connectivity index (χ2v) is 7.80. The van der Waals surface area contributed by atoms with E-state index in [1.165, 1.54) is 29.8 Å². The van der Waals surface area contributed by atoms with Crippen LogP contribution in [0, 0.1) is 0 Å². The Bertz CT molecular complexity index is 1160. The SMILES string of the molecule is O=C(/C=C/c1ccc2c(c1)OCO2)NCCNc1c2c(nc3ccccc13)CCCC2. The molecule has 1 aromatic heterocycles. The summed E-state index contributed by atoms with van der Waals surface area (Å²) in [5.41, 5.74) is 5.64. The zero-order valence-corrected chi connectivity index (χ0v) is 17.3. The third kappa shape index (κ3) is 4.19. The minimum absolute atomic E-state index is 0.124. The minimum Gasteiger partial charge on any atom is -0.454 e. The molecule has 0 fully saturated rings. The van der Waals surface area contributed by atoms with E-state index in [9.17, 15) is 4.79 Å². The van der Waals surface area contributed by atoms with Crippen molar-refractivity contribution in [3.63, 3.8) is 0 Å². The van der Waals surface area contributed by atoms with Gasteiger partial charge in [0.25, 0.3) is 0 Å². The van der Waals surface area contributed by atoms with Crippen molar-refractivity contribution in [2.24, 2.45) is 0 Å². The predicted molar refractivity (Wildman–Crippen MR) is 121 cm³/mol. The number of hydrogen-bond acceptors (Lipinski definition) is 5. The van der Waals surface area contributed by atoms with E-state index in [0.717, 1.165) is 35.1 Å². The lowest BCUT2D eigenvalue weighted by molar-refractivity contribution is -0.116. The molecule has 6 heteroatoms. The van der Waals surface area contributed by atoms with Crippen molar-refractivity contribution in [2.45, 2.75) is 25.7 Å². The molecule has 3 aromatic rings. The van der Waals surface area contributed by atoms with Gasteiger partial charge in [0.2, 0.25) is 12.7 Å². The van der Waals surface area contributed by atoms with Gasteiger partial charge in [0.05, 0.1) is 5.52 Å². The van der Waals surface area contributed by atoms with Crippen molar-refractivity contribution in [3.8, 4) is 11.5 Å². The Morgan fingerprint density at radius 3 is 2.87 bits per heavy atom. The summed E-state index contributed by atoms with van der Waals surface area (Å²) >= 11 is 0. The Morgan fingerprint density at radius 2 is 1.90 bits per heavy atom. The Balaban J connectivity index is 1.20. The molecule has 2 N–H and O–H groups in total. The van der Waals surface area contributed by atoms with Gasteiger partial charge in [-0.3, -0.25) is 9.78 Å². The molecule has 31 heavy (non-hydrogen) atoms. The molecule has 5 rings (SSSR count). The van der Waals surface area contributed by atoms with E-state index in [4.69, 9.17) is 14.5 Å². The predicted octanol–water partition coefficient (Wildman–Crippen LogP) is 4.08. The molecule has 1 aliphatic carbocycles. The van der Waals surface area contributed by atoms with Crippen LogP contribution in [0.15, 0.2) is 48.5 Å². The number of amides is 1. The summed E-state index contributed by atoms with van der Waals surface area (Å²) < 4.78 is 10.7. The van der Waals surface area contributed by atoms with Gasteiger partial charge in [-0.05, 0) is 61.1 Å². The number of hydrogen-bond donors (Lipinski definition) is 2. The second-order valence-electron chi connectivity index (χ2n) is 7.80. The standard InChI is InChI=1S/C25H25N3O3/c29-24(12-10-17-9-11-22-23(15-17)31-16-30-22)26-13-14-27-25-18-5-1-3-7-20(18)28-21-8-4-2-6-19(21)25/h1,3,5,7,9-12,15H,2,4,6,8,13-14,16H2,(H,26,29)(H,27,28)/b12-10+. The monoisotopic (exact) mass is 415 g/mol. The summed E-state index contributed by atoms with van der Waals surface area (Å²) in [6, 6.07) is 13.9. The van der Waals surface area contributed by atoms with Gasteiger partial charge in [0.1, 0.15) is 0 Å². The van der Waals surface area contributed by atoms with Crippen molar-refractivity contribution >= 4 is 28.6 Å². The molecule has 2 heterocycles. The third-order valence-electron chi connectivity index (χ3n) is 5.72. The van der Waals surface area contributed by atoms with Gasteiger partial charge >= 0.3 is 0 Å². The number of aromatic nitrogens is 1. The fraction of sp³-hybridized carbons (Fsp3) is 0.280. The Morgan fingerprint density at radius 1 is 1.03 bits per heavy atom. The molecule has 158 valence electrons. The van der Waals surface area contributed by atoms with Crippen LogP contribution < -0.4 is 20.1 Å². The maximum atomic E-state index is 12.2. The first-order valence-corrected chi connectivity index (χ1v) is 10.8. The number of pyridine rings is 1. The van der Waals surface area contributed by atoms with E-state index >= 15 is 0 Å². The molecular formula is C25H25N3O3. The van der Waals surface area contributed by atoms with E-state index in [1.807, 2.05) is 30.3 Å². The van der Waals surface area contributed by atoms with Gasteiger partial charge in [0, 0.05) is 35.9 Å². The first-order chi connectivity index (χ1) is 15.3. The Kier molecular flexibility index (Phi) is 5.44. The van der Waals surface area contributed by atoms with Crippen LogP contribution in [0.3, 0.4) is 0 Å². The highest BCUT2D eigenvalue weighted by Gasteiger charge is 2.17. The summed E-state index contributed by atoms with van der Waals surface area (Å²) in [6.07, 6.45) is 7.81. The molecule has 2 aromatic carbocycles. The van der Waals surface area contributed by atoms with E-state index in [-0.39, 0.29) is 12.7 Å². The topological polar surface area (TPSA) is 72.5 Å². The number of aryl methyl sites for hydroxylation is 1. The molecule has 0 saturated heterocycles. The van der Waals surface area contributed by atoms with E-state index in [1.54, 1.807) is 12.2 Å². The lowest BCUT2D eigenvalue weighted by atomic mass is 9.92. The van der Waals surface area contributed by atoms with Gasteiger partial charge < -0.3 is 20.1 Å². The highest BCUT2D eigenvalue weighted by Crippen LogP contribution is 2.33. The number of nitrogens with one attached hydrogen (secondary N) is 2. The smallest absolute Gasteiger partial charge is 0.244 e. The molecule has 2 aliphatic rings. The van der Waals surface area contributed by atoms with Crippen molar-refractivity contribution < 1.29 is 14.3 Å². The largest absolute Gasteiger partial charge is 0.454 e. The zero-order chi connectivity index (χ0) is 21.0. The van der Waals surface area contributed by atoms with Crippen LogP contribution in [0.1, 0.15) is 29.7 Å². The Labute approximate surface area is 181 Å². The van der Waals surface area contributed by atoms with Crippen LogP contribution in [-0.4, -0.2) is 30.8 Å². The van der Waals surface area contributed by atoms with Crippen molar-refractivity contribution in [1.29, 1.82) is 0 Å². The number of carbonyl (C=O) groups excluding carboxylic acids is 1. The van der Waals surface area contributed by atoms with Crippen molar-refractivity contribution in [3.05, 3.63) is 65.4 Å². The molecule has 1 amide bonds. The quantitative estimate of drug-likeness (QED) is 0.469. The Hall–Kier alpha value is -3.54. The fourth-order valence-corrected chi connectivity index (χ4v) is 4.20. The number of fused-ring (bicyclic) bond motifs is 3. The van der Waals surface area contributed by atoms with Crippen LogP contribution in [-0.2, 0) is 17.6 Å². The number of nitrogens with zero attached hydrogens (tertiary/aromatic N) is 1. The number of carbonyl (C=O) groups is 1. The number of anilines is 1.